The van der Waals surface area contributed by atoms with Crippen molar-refractivity contribution < 1.29 is 9.59 Å². The van der Waals surface area contributed by atoms with Crippen LogP contribution in [0, 0.1) is 6.92 Å². The molecule has 1 aliphatic rings. The van der Waals surface area contributed by atoms with Crippen molar-refractivity contribution in [1.29, 1.82) is 0 Å². The number of benzene rings is 1. The van der Waals surface area contributed by atoms with Crippen LogP contribution < -0.4 is 5.32 Å². The number of rotatable bonds is 7. The Kier molecular flexibility index (Phi) is 6.54. The number of thiophene rings is 1. The first-order chi connectivity index (χ1) is 14.6. The number of aromatic nitrogens is 2. The highest BCUT2D eigenvalue weighted by Gasteiger charge is 2.34. The quantitative estimate of drug-likeness (QED) is 0.593. The molecule has 1 aromatic carbocycles. The minimum Gasteiger partial charge on any atom is -0.351 e. The number of aryl methyl sites for hydroxylation is 1. The van der Waals surface area contributed by atoms with E-state index >= 15 is 0 Å². The van der Waals surface area contributed by atoms with E-state index in [1.165, 1.54) is 0 Å². The molecule has 4 rings (SSSR count). The van der Waals surface area contributed by atoms with Crippen molar-refractivity contribution in [2.24, 2.45) is 0 Å². The smallest absolute Gasteiger partial charge is 0.276 e. The van der Waals surface area contributed by atoms with Gasteiger partial charge in [0.1, 0.15) is 6.04 Å². The maximum atomic E-state index is 13.5. The van der Waals surface area contributed by atoms with Gasteiger partial charge in [0.05, 0.1) is 6.54 Å². The summed E-state index contributed by atoms with van der Waals surface area (Å²) in [7, 11) is 0. The summed E-state index contributed by atoms with van der Waals surface area (Å²) in [6, 6.07) is 11.2. The van der Waals surface area contributed by atoms with E-state index in [1.807, 2.05) is 48.7 Å². The number of carbonyl (C=O) groups is 2. The van der Waals surface area contributed by atoms with Gasteiger partial charge in [-0.1, -0.05) is 53.2 Å². The summed E-state index contributed by atoms with van der Waals surface area (Å²) in [5.74, 6) is -0.428. The third-order valence-electron chi connectivity index (χ3n) is 5.40. The lowest BCUT2D eigenvalue weighted by atomic mass is 10.0. The summed E-state index contributed by atoms with van der Waals surface area (Å²) in [6.07, 6.45) is 4.23. The first-order valence-electron chi connectivity index (χ1n) is 10.1. The highest BCUT2D eigenvalue weighted by molar-refractivity contribution is 7.09. The highest BCUT2D eigenvalue weighted by atomic mass is 32.1. The molecule has 2 amide bonds. The lowest BCUT2D eigenvalue weighted by Gasteiger charge is -2.31. The molecule has 30 heavy (non-hydrogen) atoms. The lowest BCUT2D eigenvalue weighted by Crippen LogP contribution is -2.45. The summed E-state index contributed by atoms with van der Waals surface area (Å²) >= 11 is 2.70. The molecule has 1 N–H and O–H groups in total. The molecule has 156 valence electrons. The zero-order valence-corrected chi connectivity index (χ0v) is 18.4. The van der Waals surface area contributed by atoms with Gasteiger partial charge in [-0.15, -0.1) is 16.4 Å². The van der Waals surface area contributed by atoms with Gasteiger partial charge >= 0.3 is 0 Å². The number of hydrogen-bond acceptors (Lipinski definition) is 6. The van der Waals surface area contributed by atoms with E-state index in [0.29, 0.717) is 6.54 Å². The average molecular weight is 441 g/mol. The fourth-order valence-electron chi connectivity index (χ4n) is 3.83. The zero-order chi connectivity index (χ0) is 20.9. The summed E-state index contributed by atoms with van der Waals surface area (Å²) in [6.45, 7) is 2.34. The molecule has 1 atom stereocenters. The van der Waals surface area contributed by atoms with Crippen LogP contribution in [0.4, 0.5) is 0 Å². The van der Waals surface area contributed by atoms with Crippen LogP contribution in [0.3, 0.4) is 0 Å². The summed E-state index contributed by atoms with van der Waals surface area (Å²) in [5.41, 5.74) is 2.17. The van der Waals surface area contributed by atoms with Crippen LogP contribution in [0.2, 0.25) is 0 Å². The van der Waals surface area contributed by atoms with E-state index < -0.39 is 6.04 Å². The normalized spacial score (nSPS) is 15.1. The minimum absolute atomic E-state index is 0.140. The molecule has 2 aromatic heterocycles. The molecule has 0 spiro atoms. The van der Waals surface area contributed by atoms with Gasteiger partial charge in [-0.25, -0.2) is 0 Å². The molecule has 1 saturated carbocycles. The van der Waals surface area contributed by atoms with Gasteiger partial charge in [-0.05, 0) is 48.3 Å². The van der Waals surface area contributed by atoms with Crippen molar-refractivity contribution in [2.45, 2.75) is 51.2 Å². The number of nitrogens with zero attached hydrogens (tertiary/aromatic N) is 3. The van der Waals surface area contributed by atoms with E-state index in [4.69, 9.17) is 0 Å². The number of hydrogen-bond donors (Lipinski definition) is 1. The monoisotopic (exact) mass is 440 g/mol. The molecule has 6 nitrogen and oxygen atoms in total. The van der Waals surface area contributed by atoms with Crippen molar-refractivity contribution in [3.05, 3.63) is 68.9 Å². The van der Waals surface area contributed by atoms with Crippen molar-refractivity contribution in [3.63, 3.8) is 0 Å². The zero-order valence-electron chi connectivity index (χ0n) is 16.8. The Morgan fingerprint density at radius 1 is 1.20 bits per heavy atom. The van der Waals surface area contributed by atoms with E-state index in [-0.39, 0.29) is 23.6 Å². The van der Waals surface area contributed by atoms with E-state index in [2.05, 4.69) is 14.9 Å². The molecule has 0 saturated heterocycles. The Morgan fingerprint density at radius 2 is 1.97 bits per heavy atom. The van der Waals surface area contributed by atoms with Crippen molar-refractivity contribution in [2.75, 3.05) is 0 Å². The van der Waals surface area contributed by atoms with Crippen LogP contribution >= 0.6 is 22.9 Å². The molecule has 1 fully saturated rings. The van der Waals surface area contributed by atoms with Gasteiger partial charge in [0.25, 0.3) is 5.91 Å². The van der Waals surface area contributed by atoms with Crippen molar-refractivity contribution in [1.82, 2.24) is 19.8 Å². The summed E-state index contributed by atoms with van der Waals surface area (Å²) < 4.78 is 3.84. The van der Waals surface area contributed by atoms with Gasteiger partial charge < -0.3 is 10.2 Å². The molecular weight excluding hydrogens is 416 g/mol. The van der Waals surface area contributed by atoms with Crippen molar-refractivity contribution in [3.8, 4) is 0 Å². The molecule has 1 aliphatic carbocycles. The SMILES string of the molecule is Cc1ccc([C@H](C(=O)NC2CCCC2)N(Cc2cccs2)C(=O)c2csnn2)cc1. The van der Waals surface area contributed by atoms with E-state index in [0.717, 1.165) is 53.2 Å². The Bertz CT molecular complexity index is 965. The van der Waals surface area contributed by atoms with Gasteiger partial charge in [0, 0.05) is 16.3 Å². The lowest BCUT2D eigenvalue weighted by molar-refractivity contribution is -0.126. The minimum atomic E-state index is -0.734. The maximum absolute atomic E-state index is 13.5. The average Bonchev–Trinajstić information content (AvgIpc) is 3.52. The molecule has 8 heteroatoms. The Hall–Kier alpha value is -2.58. The van der Waals surface area contributed by atoms with Crippen molar-refractivity contribution >= 4 is 34.7 Å². The maximum Gasteiger partial charge on any atom is 0.276 e. The second kappa shape index (κ2) is 9.49. The first kappa shape index (κ1) is 20.7. The van der Waals surface area contributed by atoms with Gasteiger partial charge in [-0.2, -0.15) is 0 Å². The summed E-state index contributed by atoms with van der Waals surface area (Å²) in [5, 5.41) is 10.8. The third kappa shape index (κ3) is 4.76. The van der Waals surface area contributed by atoms with Crippen LogP contribution in [0.25, 0.3) is 0 Å². The van der Waals surface area contributed by atoms with Crippen LogP contribution in [0.1, 0.15) is 58.2 Å². The topological polar surface area (TPSA) is 75.2 Å². The Labute approximate surface area is 184 Å². The number of nitrogens with one attached hydrogen (secondary N) is 1. The summed E-state index contributed by atoms with van der Waals surface area (Å²) in [4.78, 5) is 29.5. The predicted octanol–water partition coefficient (Wildman–Crippen LogP) is 4.35. The molecule has 2 heterocycles. The first-order valence-corrected chi connectivity index (χ1v) is 11.8. The molecule has 0 radical (unpaired) electrons. The molecule has 0 bridgehead atoms. The highest BCUT2D eigenvalue weighted by Crippen LogP contribution is 2.28. The van der Waals surface area contributed by atoms with Crippen LogP contribution in [0.15, 0.2) is 47.2 Å². The third-order valence-corrected chi connectivity index (χ3v) is 6.77. The Balaban J connectivity index is 1.71. The fourth-order valence-corrected chi connectivity index (χ4v) is 4.96. The second-order valence-corrected chi connectivity index (χ2v) is 9.25. The van der Waals surface area contributed by atoms with Crippen LogP contribution in [0.5, 0.6) is 0 Å². The van der Waals surface area contributed by atoms with Crippen LogP contribution in [-0.2, 0) is 11.3 Å². The van der Waals surface area contributed by atoms with E-state index in [1.54, 1.807) is 21.6 Å². The fraction of sp³-hybridized carbons (Fsp3) is 0.364. The predicted molar refractivity (Wildman–Crippen MR) is 118 cm³/mol. The molecule has 0 aliphatic heterocycles. The number of amides is 2. The standard InChI is InChI=1S/C22H24N4O2S2/c1-15-8-10-16(11-9-15)20(21(27)23-17-5-2-3-6-17)26(13-18-7-4-12-29-18)22(28)19-14-30-25-24-19/h4,7-12,14,17,20H,2-3,5-6,13H2,1H3,(H,23,27)/t20-/m1/s1. The van der Waals surface area contributed by atoms with Gasteiger partial charge in [0.15, 0.2) is 5.69 Å². The number of carbonyl (C=O) groups excluding carboxylic acids is 2. The van der Waals surface area contributed by atoms with E-state index in [9.17, 15) is 9.59 Å². The van der Waals surface area contributed by atoms with Crippen LogP contribution in [-0.4, -0.2) is 32.3 Å². The largest absolute Gasteiger partial charge is 0.351 e. The molecule has 0 unspecified atom stereocenters. The molecular formula is C22H24N4O2S2. The molecule has 3 aromatic rings. The van der Waals surface area contributed by atoms with Gasteiger partial charge in [0.2, 0.25) is 5.91 Å². The van der Waals surface area contributed by atoms with Gasteiger partial charge in [-0.3, -0.25) is 9.59 Å². The Morgan fingerprint density at radius 3 is 2.60 bits per heavy atom. The second-order valence-electron chi connectivity index (χ2n) is 7.61.